The van der Waals surface area contributed by atoms with E-state index in [-0.39, 0.29) is 11.7 Å². The number of hydrazine groups is 1. The van der Waals surface area contributed by atoms with Gasteiger partial charge in [-0.15, -0.1) is 10.2 Å². The molecule has 1 amide bonds. The molecule has 0 radical (unpaired) electrons. The van der Waals surface area contributed by atoms with Gasteiger partial charge in [0.25, 0.3) is 0 Å². The van der Waals surface area contributed by atoms with Gasteiger partial charge in [0.15, 0.2) is 5.82 Å². The fourth-order valence-electron chi connectivity index (χ4n) is 1.48. The lowest BCUT2D eigenvalue weighted by molar-refractivity contribution is -0.118. The van der Waals surface area contributed by atoms with Crippen LogP contribution in [0.1, 0.15) is 11.4 Å². The maximum absolute atomic E-state index is 11.0. The molecule has 7 nitrogen and oxygen atoms in total. The minimum absolute atomic E-state index is 0.150. The van der Waals surface area contributed by atoms with Gasteiger partial charge in [0, 0.05) is 6.42 Å². The normalized spacial score (nSPS) is 10.4. The van der Waals surface area contributed by atoms with Crippen molar-refractivity contribution in [3.05, 3.63) is 41.7 Å². The molecular weight excluding hydrogens is 264 g/mol. The van der Waals surface area contributed by atoms with E-state index in [0.717, 1.165) is 5.56 Å². The number of thioether (sulfide) groups is 1. The number of aromatic nitrogens is 3. The Bertz CT molecular complexity index is 556. The van der Waals surface area contributed by atoms with Gasteiger partial charge in [-0.2, -0.15) is 0 Å². The third-order valence-electron chi connectivity index (χ3n) is 2.43. The molecule has 0 aliphatic heterocycles. The van der Waals surface area contributed by atoms with E-state index in [9.17, 15) is 4.79 Å². The third-order valence-corrected chi connectivity index (χ3v) is 3.38. The van der Waals surface area contributed by atoms with E-state index >= 15 is 0 Å². The van der Waals surface area contributed by atoms with Crippen molar-refractivity contribution in [3.63, 3.8) is 0 Å². The summed E-state index contributed by atoms with van der Waals surface area (Å²) < 4.78 is 1.39. The van der Waals surface area contributed by atoms with Crippen molar-refractivity contribution in [2.24, 2.45) is 5.84 Å². The van der Waals surface area contributed by atoms with Gasteiger partial charge < -0.3 is 5.84 Å². The summed E-state index contributed by atoms with van der Waals surface area (Å²) in [6.07, 6.45) is 0.591. The molecule has 0 aliphatic rings. The molecule has 19 heavy (non-hydrogen) atoms. The van der Waals surface area contributed by atoms with Gasteiger partial charge in [-0.3, -0.25) is 10.2 Å². The molecule has 1 heterocycles. The van der Waals surface area contributed by atoms with E-state index in [1.54, 1.807) is 0 Å². The first-order valence-electron chi connectivity index (χ1n) is 5.56. The predicted molar refractivity (Wildman–Crippen MR) is 72.5 cm³/mol. The lowest BCUT2D eigenvalue weighted by Crippen LogP contribution is -2.31. The second-order valence-corrected chi connectivity index (χ2v) is 4.73. The largest absolute Gasteiger partial charge is 0.336 e. The van der Waals surface area contributed by atoms with Crippen LogP contribution in [-0.4, -0.2) is 26.5 Å². The number of rotatable bonds is 5. The summed E-state index contributed by atoms with van der Waals surface area (Å²) in [5.74, 6) is 11.4. The second kappa shape index (κ2) is 6.21. The molecule has 2 aromatic rings. The molecule has 1 aromatic heterocycles. The summed E-state index contributed by atoms with van der Waals surface area (Å²) in [4.78, 5) is 11.0. The molecule has 0 spiro atoms. The van der Waals surface area contributed by atoms with Gasteiger partial charge in [0.1, 0.15) is 0 Å². The molecule has 0 saturated carbocycles. The predicted octanol–water partition coefficient (Wildman–Crippen LogP) is -0.335. The molecule has 0 atom stereocenters. The van der Waals surface area contributed by atoms with E-state index in [2.05, 4.69) is 10.2 Å². The SMILES string of the molecule is NNC(=O)CSc1nnc(Cc2ccccc2)n1N. The van der Waals surface area contributed by atoms with Crippen LogP contribution in [0.4, 0.5) is 0 Å². The fourth-order valence-corrected chi connectivity index (χ4v) is 2.16. The number of nitrogens with one attached hydrogen (secondary N) is 1. The molecule has 8 heteroatoms. The van der Waals surface area contributed by atoms with Crippen LogP contribution >= 0.6 is 11.8 Å². The quantitative estimate of drug-likeness (QED) is 0.299. The number of nitrogens with two attached hydrogens (primary N) is 2. The van der Waals surface area contributed by atoms with Crippen LogP contribution in [0.3, 0.4) is 0 Å². The average molecular weight is 278 g/mol. The van der Waals surface area contributed by atoms with Crippen LogP contribution in [0.15, 0.2) is 35.5 Å². The van der Waals surface area contributed by atoms with Crippen LogP contribution in [-0.2, 0) is 11.2 Å². The van der Waals surface area contributed by atoms with Gasteiger partial charge in [-0.05, 0) is 5.56 Å². The lowest BCUT2D eigenvalue weighted by atomic mass is 10.1. The number of carbonyl (C=O) groups excluding carboxylic acids is 1. The topological polar surface area (TPSA) is 112 Å². The summed E-state index contributed by atoms with van der Waals surface area (Å²) >= 11 is 1.18. The molecule has 0 saturated heterocycles. The maximum Gasteiger partial charge on any atom is 0.244 e. The standard InChI is InChI=1S/C11H14N6OS/c12-14-10(18)7-19-11-16-15-9(17(11)13)6-8-4-2-1-3-5-8/h1-5H,6-7,12-13H2,(H,14,18). The Morgan fingerprint density at radius 3 is 2.74 bits per heavy atom. The van der Waals surface area contributed by atoms with Crippen molar-refractivity contribution in [1.29, 1.82) is 0 Å². The first-order chi connectivity index (χ1) is 9.20. The first-order valence-corrected chi connectivity index (χ1v) is 6.55. The smallest absolute Gasteiger partial charge is 0.244 e. The van der Waals surface area contributed by atoms with Crippen LogP contribution in [0.25, 0.3) is 0 Å². The highest BCUT2D eigenvalue weighted by molar-refractivity contribution is 7.99. The van der Waals surface area contributed by atoms with Crippen molar-refractivity contribution in [1.82, 2.24) is 20.3 Å². The number of amides is 1. The summed E-state index contributed by atoms with van der Waals surface area (Å²) in [5.41, 5.74) is 3.14. The third kappa shape index (κ3) is 3.46. The fraction of sp³-hybridized carbons (Fsp3) is 0.182. The highest BCUT2D eigenvalue weighted by atomic mass is 32.2. The molecule has 0 bridgehead atoms. The van der Waals surface area contributed by atoms with E-state index in [0.29, 0.717) is 17.4 Å². The van der Waals surface area contributed by atoms with E-state index in [1.165, 1.54) is 16.4 Å². The van der Waals surface area contributed by atoms with E-state index in [4.69, 9.17) is 11.7 Å². The molecule has 100 valence electrons. The summed E-state index contributed by atoms with van der Waals surface area (Å²) in [6.45, 7) is 0. The van der Waals surface area contributed by atoms with Crippen molar-refractivity contribution in [2.75, 3.05) is 11.6 Å². The minimum atomic E-state index is -0.294. The number of hydrogen-bond donors (Lipinski definition) is 3. The van der Waals surface area contributed by atoms with Crippen molar-refractivity contribution in [3.8, 4) is 0 Å². The number of nitrogens with zero attached hydrogens (tertiary/aromatic N) is 3. The molecule has 0 unspecified atom stereocenters. The van der Waals surface area contributed by atoms with Crippen LogP contribution < -0.4 is 17.1 Å². The van der Waals surface area contributed by atoms with Crippen molar-refractivity contribution < 1.29 is 4.79 Å². The van der Waals surface area contributed by atoms with Crippen LogP contribution in [0.2, 0.25) is 0 Å². The Kier molecular flexibility index (Phi) is 4.37. The lowest BCUT2D eigenvalue weighted by Gasteiger charge is -2.03. The van der Waals surface area contributed by atoms with Gasteiger partial charge >= 0.3 is 0 Å². The molecule has 1 aromatic carbocycles. The zero-order valence-electron chi connectivity index (χ0n) is 10.1. The number of benzene rings is 1. The molecule has 5 N–H and O–H groups in total. The minimum Gasteiger partial charge on any atom is -0.336 e. The molecule has 0 fully saturated rings. The number of nitrogen functional groups attached to an aromatic ring is 1. The molecule has 0 aliphatic carbocycles. The van der Waals surface area contributed by atoms with E-state index in [1.807, 2.05) is 35.8 Å². The molecular formula is C11H14N6OS. The van der Waals surface area contributed by atoms with Crippen LogP contribution in [0, 0.1) is 0 Å². The number of hydrogen-bond acceptors (Lipinski definition) is 6. The Morgan fingerprint density at radius 1 is 1.32 bits per heavy atom. The highest BCUT2D eigenvalue weighted by Crippen LogP contribution is 2.15. The van der Waals surface area contributed by atoms with Gasteiger partial charge in [0.2, 0.25) is 11.1 Å². The zero-order valence-corrected chi connectivity index (χ0v) is 10.9. The van der Waals surface area contributed by atoms with Crippen molar-refractivity contribution in [2.45, 2.75) is 11.6 Å². The molecule has 2 rings (SSSR count). The van der Waals surface area contributed by atoms with Gasteiger partial charge in [-0.1, -0.05) is 42.1 Å². The Balaban J connectivity index is 2.04. The first kappa shape index (κ1) is 13.4. The zero-order chi connectivity index (χ0) is 13.7. The summed E-state index contributed by atoms with van der Waals surface area (Å²) in [5, 5.41) is 8.45. The Labute approximate surface area is 114 Å². The summed E-state index contributed by atoms with van der Waals surface area (Å²) in [6, 6.07) is 9.83. The number of carbonyl (C=O) groups is 1. The Hall–Kier alpha value is -2.06. The summed E-state index contributed by atoms with van der Waals surface area (Å²) in [7, 11) is 0. The van der Waals surface area contributed by atoms with Gasteiger partial charge in [0.05, 0.1) is 5.75 Å². The maximum atomic E-state index is 11.0. The Morgan fingerprint density at radius 2 is 2.05 bits per heavy atom. The van der Waals surface area contributed by atoms with E-state index < -0.39 is 0 Å². The monoisotopic (exact) mass is 278 g/mol. The van der Waals surface area contributed by atoms with Crippen LogP contribution in [0.5, 0.6) is 0 Å². The highest BCUT2D eigenvalue weighted by Gasteiger charge is 2.12. The van der Waals surface area contributed by atoms with Crippen molar-refractivity contribution >= 4 is 17.7 Å². The second-order valence-electron chi connectivity index (χ2n) is 3.79. The van der Waals surface area contributed by atoms with Gasteiger partial charge in [-0.25, -0.2) is 10.5 Å². The average Bonchev–Trinajstić information content (AvgIpc) is 2.78.